The number of hydroxylamine groups is 1. The van der Waals surface area contributed by atoms with Crippen molar-refractivity contribution in [2.24, 2.45) is 10.2 Å². The van der Waals surface area contributed by atoms with Crippen LogP contribution in [0.15, 0.2) is 34.5 Å². The van der Waals surface area contributed by atoms with Crippen LogP contribution in [0.25, 0.3) is 0 Å². The number of unbranched alkanes of at least 4 members (excludes halogenated alkanes) is 1. The molecule has 3 N–H and O–H groups in total. The summed E-state index contributed by atoms with van der Waals surface area (Å²) in [5, 5.41) is 26.6. The van der Waals surface area contributed by atoms with E-state index in [0.29, 0.717) is 38.9 Å². The number of carboxylic acids is 2. The minimum absolute atomic E-state index is 0.0192. The number of azo groups is 1. The van der Waals surface area contributed by atoms with E-state index in [0.717, 1.165) is 36.9 Å². The molecule has 0 saturated carbocycles. The number of hydrogen-bond donors (Lipinski definition) is 3. The summed E-state index contributed by atoms with van der Waals surface area (Å²) in [7, 11) is 0. The molecule has 2 heterocycles. The molecule has 188 valence electrons. The number of ether oxygens (including phenoxy) is 1. The van der Waals surface area contributed by atoms with Gasteiger partial charge in [-0.3, -0.25) is 14.5 Å². The van der Waals surface area contributed by atoms with Crippen molar-refractivity contribution in [1.82, 2.24) is 10.4 Å². The maximum Gasteiger partial charge on any atom is 0.329 e. The summed E-state index contributed by atoms with van der Waals surface area (Å²) in [6.45, 7) is 4.18. The van der Waals surface area contributed by atoms with E-state index in [2.05, 4.69) is 46.9 Å². The summed E-state index contributed by atoms with van der Waals surface area (Å²) >= 11 is 0. The molecule has 34 heavy (non-hydrogen) atoms. The van der Waals surface area contributed by atoms with Crippen molar-refractivity contribution >= 4 is 11.9 Å². The molecule has 3 rings (SSSR count). The summed E-state index contributed by atoms with van der Waals surface area (Å²) < 4.78 is 5.87. The molecule has 2 unspecified atom stereocenters. The van der Waals surface area contributed by atoms with Gasteiger partial charge in [-0.05, 0) is 36.8 Å². The number of benzene rings is 1. The van der Waals surface area contributed by atoms with Crippen LogP contribution in [0.1, 0.15) is 62.6 Å². The van der Waals surface area contributed by atoms with E-state index in [1.54, 1.807) is 0 Å². The fourth-order valence-corrected chi connectivity index (χ4v) is 4.50. The quantitative estimate of drug-likeness (QED) is 0.292. The molecule has 10 heteroatoms. The van der Waals surface area contributed by atoms with Gasteiger partial charge in [0.2, 0.25) is 0 Å². The summed E-state index contributed by atoms with van der Waals surface area (Å²) in [4.78, 5) is 29.9. The second-order valence-corrected chi connectivity index (χ2v) is 9.15. The van der Waals surface area contributed by atoms with Gasteiger partial charge in [-0.1, -0.05) is 37.6 Å². The predicted molar refractivity (Wildman–Crippen MR) is 124 cm³/mol. The molecule has 2 saturated heterocycles. The number of nitrogens with zero attached hydrogens (tertiary/aromatic N) is 3. The Labute approximate surface area is 200 Å². The number of carboxylic acid groups (broad SMARTS) is 2. The molecule has 0 aromatic heterocycles. The Morgan fingerprint density at radius 1 is 1.18 bits per heavy atom. The van der Waals surface area contributed by atoms with Gasteiger partial charge in [0.15, 0.2) is 0 Å². The van der Waals surface area contributed by atoms with Gasteiger partial charge < -0.3 is 14.9 Å². The molecule has 2 aliphatic rings. The molecular formula is C24H36N4O6. The Kier molecular flexibility index (Phi) is 9.94. The number of piperidine rings is 1. The molecule has 2 aliphatic heterocycles. The van der Waals surface area contributed by atoms with Crippen LogP contribution in [0, 0.1) is 0 Å². The standard InChI is InChI=1S/C24H36N4O6/c1-2-3-10-25-26-15-18-4-6-19(7-5-18)21-13-20(34-27-21)14-24(33-17-23(31)32)8-11-28(12-9-24)16-22(29)30/h4-7,20-21,27H,2-3,8-17H2,1H3,(H,29,30)(H,31,32). The lowest BCUT2D eigenvalue weighted by molar-refractivity contribution is -0.159. The lowest BCUT2D eigenvalue weighted by Crippen LogP contribution is -2.49. The third kappa shape index (κ3) is 8.12. The van der Waals surface area contributed by atoms with E-state index >= 15 is 0 Å². The Morgan fingerprint density at radius 2 is 1.91 bits per heavy atom. The van der Waals surface area contributed by atoms with Gasteiger partial charge in [-0.2, -0.15) is 15.7 Å². The summed E-state index contributed by atoms with van der Waals surface area (Å²) in [5.41, 5.74) is 4.70. The first kappa shape index (κ1) is 26.2. The SMILES string of the molecule is CCCCN=NCc1ccc(C2CC(CC3(OCC(=O)O)CCN(CC(=O)O)CC3)ON2)cc1. The van der Waals surface area contributed by atoms with Gasteiger partial charge in [-0.25, -0.2) is 4.79 Å². The third-order valence-electron chi connectivity index (χ3n) is 6.45. The number of rotatable bonds is 13. The number of carbonyl (C=O) groups is 2. The van der Waals surface area contributed by atoms with Gasteiger partial charge in [0.25, 0.3) is 0 Å². The maximum atomic E-state index is 11.1. The summed E-state index contributed by atoms with van der Waals surface area (Å²) in [6, 6.07) is 8.29. The highest BCUT2D eigenvalue weighted by Crippen LogP contribution is 2.36. The van der Waals surface area contributed by atoms with Crippen LogP contribution in [0.2, 0.25) is 0 Å². The maximum absolute atomic E-state index is 11.1. The fraction of sp³-hybridized carbons (Fsp3) is 0.667. The molecule has 0 bridgehead atoms. The predicted octanol–water partition coefficient (Wildman–Crippen LogP) is 3.18. The highest BCUT2D eigenvalue weighted by atomic mass is 16.7. The monoisotopic (exact) mass is 476 g/mol. The molecule has 0 radical (unpaired) electrons. The number of aliphatic carboxylic acids is 2. The van der Waals surface area contributed by atoms with Crippen LogP contribution in [0.5, 0.6) is 0 Å². The van der Waals surface area contributed by atoms with Crippen molar-refractivity contribution in [3.05, 3.63) is 35.4 Å². The minimum Gasteiger partial charge on any atom is -0.480 e. The first-order chi connectivity index (χ1) is 16.4. The largest absolute Gasteiger partial charge is 0.480 e. The van der Waals surface area contributed by atoms with Crippen molar-refractivity contribution in [3.63, 3.8) is 0 Å². The first-order valence-corrected chi connectivity index (χ1v) is 12.0. The number of likely N-dealkylation sites (tertiary alicyclic amines) is 1. The Hall–Kier alpha value is -2.40. The number of nitrogens with one attached hydrogen (secondary N) is 1. The van der Waals surface area contributed by atoms with Crippen LogP contribution < -0.4 is 5.48 Å². The van der Waals surface area contributed by atoms with Crippen molar-refractivity contribution in [1.29, 1.82) is 0 Å². The molecule has 10 nitrogen and oxygen atoms in total. The van der Waals surface area contributed by atoms with E-state index in [1.165, 1.54) is 0 Å². The zero-order valence-corrected chi connectivity index (χ0v) is 19.8. The van der Waals surface area contributed by atoms with Gasteiger partial charge in [0.1, 0.15) is 6.61 Å². The second-order valence-electron chi connectivity index (χ2n) is 9.15. The summed E-state index contributed by atoms with van der Waals surface area (Å²) in [6.07, 6.45) is 4.48. The van der Waals surface area contributed by atoms with Crippen molar-refractivity contribution in [2.45, 2.75) is 69.7 Å². The van der Waals surface area contributed by atoms with E-state index in [-0.39, 0.29) is 25.3 Å². The number of hydrogen-bond acceptors (Lipinski definition) is 8. The fourth-order valence-electron chi connectivity index (χ4n) is 4.50. The van der Waals surface area contributed by atoms with Crippen molar-refractivity contribution in [3.8, 4) is 0 Å². The lowest BCUT2D eigenvalue weighted by atomic mass is 9.84. The van der Waals surface area contributed by atoms with Crippen molar-refractivity contribution in [2.75, 3.05) is 32.8 Å². The molecular weight excluding hydrogens is 440 g/mol. The summed E-state index contributed by atoms with van der Waals surface area (Å²) in [5.74, 6) is -1.88. The molecule has 0 amide bonds. The molecule has 0 spiro atoms. The van der Waals surface area contributed by atoms with Gasteiger partial charge in [0.05, 0.1) is 37.4 Å². The molecule has 2 atom stereocenters. The van der Waals surface area contributed by atoms with E-state index in [1.807, 2.05) is 4.90 Å². The molecule has 1 aromatic rings. The highest BCUT2D eigenvalue weighted by Gasteiger charge is 2.41. The average Bonchev–Trinajstić information content (AvgIpc) is 3.27. The Morgan fingerprint density at radius 3 is 2.56 bits per heavy atom. The van der Waals surface area contributed by atoms with Gasteiger partial charge in [0, 0.05) is 19.5 Å². The van der Waals surface area contributed by atoms with Crippen LogP contribution in [0.3, 0.4) is 0 Å². The second kappa shape index (κ2) is 12.9. The lowest BCUT2D eigenvalue weighted by Gasteiger charge is -2.42. The Balaban J connectivity index is 1.53. The van der Waals surface area contributed by atoms with Crippen LogP contribution >= 0.6 is 0 Å². The topological polar surface area (TPSA) is 133 Å². The first-order valence-electron chi connectivity index (χ1n) is 12.0. The van der Waals surface area contributed by atoms with Crippen LogP contribution in [-0.2, 0) is 25.7 Å². The van der Waals surface area contributed by atoms with E-state index in [4.69, 9.17) is 19.8 Å². The molecule has 1 aromatic carbocycles. The van der Waals surface area contributed by atoms with Gasteiger partial charge >= 0.3 is 11.9 Å². The Bertz CT molecular complexity index is 823. The average molecular weight is 477 g/mol. The smallest absolute Gasteiger partial charge is 0.329 e. The minimum atomic E-state index is -1.01. The van der Waals surface area contributed by atoms with Crippen LogP contribution in [0.4, 0.5) is 0 Å². The zero-order chi connectivity index (χ0) is 24.4. The third-order valence-corrected chi connectivity index (χ3v) is 6.45. The zero-order valence-electron chi connectivity index (χ0n) is 19.8. The van der Waals surface area contributed by atoms with Crippen molar-refractivity contribution < 1.29 is 29.4 Å². The van der Waals surface area contributed by atoms with E-state index in [9.17, 15) is 9.59 Å². The van der Waals surface area contributed by atoms with E-state index < -0.39 is 17.5 Å². The van der Waals surface area contributed by atoms with Gasteiger partial charge in [-0.15, -0.1) is 0 Å². The highest BCUT2D eigenvalue weighted by molar-refractivity contribution is 5.69. The molecule has 2 fully saturated rings. The molecule has 0 aliphatic carbocycles. The normalized spacial score (nSPS) is 22.9. The van der Waals surface area contributed by atoms with Crippen LogP contribution in [-0.4, -0.2) is 71.5 Å².